The van der Waals surface area contributed by atoms with Crippen molar-refractivity contribution in [3.05, 3.63) is 24.3 Å². The van der Waals surface area contributed by atoms with Gasteiger partial charge in [0.2, 0.25) is 10.0 Å². The summed E-state index contributed by atoms with van der Waals surface area (Å²) >= 11 is 0. The van der Waals surface area contributed by atoms with Gasteiger partial charge in [0.05, 0.1) is 18.1 Å². The van der Waals surface area contributed by atoms with Gasteiger partial charge < -0.3 is 10.5 Å². The number of morpholine rings is 1. The average molecular weight is 285 g/mol. The van der Waals surface area contributed by atoms with Crippen LogP contribution in [0.1, 0.15) is 0 Å². The molecule has 7 heteroatoms. The largest absolute Gasteiger partial charge is 0.399 e. The van der Waals surface area contributed by atoms with Crippen LogP contribution < -0.4 is 10.5 Å². The van der Waals surface area contributed by atoms with Crippen molar-refractivity contribution in [3.63, 3.8) is 0 Å². The fourth-order valence-electron chi connectivity index (χ4n) is 1.93. The molecule has 106 valence electrons. The van der Waals surface area contributed by atoms with Crippen LogP contribution in [0.4, 0.5) is 5.69 Å². The Morgan fingerprint density at radius 1 is 1.32 bits per heavy atom. The Bertz CT molecular complexity index is 513. The van der Waals surface area contributed by atoms with Crippen LogP contribution in [-0.4, -0.2) is 52.7 Å². The van der Waals surface area contributed by atoms with E-state index in [0.717, 1.165) is 13.1 Å². The van der Waals surface area contributed by atoms with Gasteiger partial charge in [0.15, 0.2) is 0 Å². The molecule has 3 N–H and O–H groups in total. The highest BCUT2D eigenvalue weighted by molar-refractivity contribution is 7.89. The molecule has 1 aromatic carbocycles. The maximum atomic E-state index is 12.0. The van der Waals surface area contributed by atoms with E-state index in [1.165, 1.54) is 12.1 Å². The Hall–Kier alpha value is -1.15. The van der Waals surface area contributed by atoms with Crippen molar-refractivity contribution in [3.8, 4) is 0 Å². The van der Waals surface area contributed by atoms with Crippen LogP contribution in [0.15, 0.2) is 29.2 Å². The molecule has 1 heterocycles. The monoisotopic (exact) mass is 285 g/mol. The standard InChI is InChI=1S/C12H19N3O3S/c13-11-2-1-3-12(10-11)19(16,17)14-4-5-15-6-8-18-9-7-15/h1-3,10,14H,4-9,13H2. The number of nitrogens with two attached hydrogens (primary N) is 1. The Kier molecular flexibility index (Phi) is 4.76. The molecule has 1 saturated heterocycles. The molecule has 1 aromatic rings. The zero-order valence-electron chi connectivity index (χ0n) is 10.7. The van der Waals surface area contributed by atoms with Gasteiger partial charge in [-0.3, -0.25) is 4.90 Å². The third-order valence-corrected chi connectivity index (χ3v) is 4.45. The first-order valence-electron chi connectivity index (χ1n) is 6.23. The highest BCUT2D eigenvalue weighted by Crippen LogP contribution is 2.12. The van der Waals surface area contributed by atoms with E-state index in [-0.39, 0.29) is 4.90 Å². The summed E-state index contributed by atoms with van der Waals surface area (Å²) in [4.78, 5) is 2.38. The van der Waals surface area contributed by atoms with Crippen LogP contribution in [0.2, 0.25) is 0 Å². The van der Waals surface area contributed by atoms with Crippen molar-refractivity contribution in [1.82, 2.24) is 9.62 Å². The molecule has 0 unspecified atom stereocenters. The molecule has 0 aromatic heterocycles. The SMILES string of the molecule is Nc1cccc(S(=O)(=O)NCCN2CCOCC2)c1. The summed E-state index contributed by atoms with van der Waals surface area (Å²) in [5.74, 6) is 0. The van der Waals surface area contributed by atoms with Crippen molar-refractivity contribution >= 4 is 15.7 Å². The lowest BCUT2D eigenvalue weighted by Gasteiger charge is -2.26. The number of nitrogens with zero attached hydrogens (tertiary/aromatic N) is 1. The zero-order chi connectivity index (χ0) is 13.7. The van der Waals surface area contributed by atoms with Gasteiger partial charge in [-0.1, -0.05) is 6.07 Å². The highest BCUT2D eigenvalue weighted by Gasteiger charge is 2.15. The topological polar surface area (TPSA) is 84.7 Å². The fraction of sp³-hybridized carbons (Fsp3) is 0.500. The molecule has 0 radical (unpaired) electrons. The molecule has 2 rings (SSSR count). The number of hydrogen-bond donors (Lipinski definition) is 2. The molecule has 0 saturated carbocycles. The van der Waals surface area contributed by atoms with Crippen molar-refractivity contribution in [2.45, 2.75) is 4.90 Å². The van der Waals surface area contributed by atoms with Crippen molar-refractivity contribution in [2.75, 3.05) is 45.1 Å². The lowest BCUT2D eigenvalue weighted by atomic mass is 10.3. The van der Waals surface area contributed by atoms with Gasteiger partial charge >= 0.3 is 0 Å². The minimum absolute atomic E-state index is 0.203. The molecule has 1 aliphatic rings. The van der Waals surface area contributed by atoms with E-state index in [0.29, 0.717) is 32.0 Å². The van der Waals surface area contributed by atoms with Gasteiger partial charge in [-0.15, -0.1) is 0 Å². The third kappa shape index (κ3) is 4.17. The Morgan fingerprint density at radius 2 is 2.05 bits per heavy atom. The van der Waals surface area contributed by atoms with E-state index in [1.807, 2.05) is 0 Å². The average Bonchev–Trinajstić information content (AvgIpc) is 2.40. The van der Waals surface area contributed by atoms with E-state index in [2.05, 4.69) is 9.62 Å². The third-order valence-electron chi connectivity index (χ3n) is 2.99. The van der Waals surface area contributed by atoms with Crippen LogP contribution in [0.3, 0.4) is 0 Å². The summed E-state index contributed by atoms with van der Waals surface area (Å²) in [6.07, 6.45) is 0. The molecule has 0 bridgehead atoms. The Balaban J connectivity index is 1.87. The normalized spacial score (nSPS) is 17.5. The number of nitrogens with one attached hydrogen (secondary N) is 1. The number of rotatable bonds is 5. The number of anilines is 1. The predicted molar refractivity (Wildman–Crippen MR) is 73.3 cm³/mol. The van der Waals surface area contributed by atoms with Crippen LogP contribution in [0.5, 0.6) is 0 Å². The van der Waals surface area contributed by atoms with E-state index < -0.39 is 10.0 Å². The van der Waals surface area contributed by atoms with E-state index >= 15 is 0 Å². The van der Waals surface area contributed by atoms with E-state index in [1.54, 1.807) is 12.1 Å². The Morgan fingerprint density at radius 3 is 2.74 bits per heavy atom. The fourth-order valence-corrected chi connectivity index (χ4v) is 3.00. The number of benzene rings is 1. The van der Waals surface area contributed by atoms with Crippen LogP contribution in [-0.2, 0) is 14.8 Å². The second-order valence-corrected chi connectivity index (χ2v) is 6.19. The summed E-state index contributed by atoms with van der Waals surface area (Å²) in [7, 11) is -3.47. The van der Waals surface area contributed by atoms with Crippen LogP contribution in [0.25, 0.3) is 0 Å². The molecule has 1 fully saturated rings. The van der Waals surface area contributed by atoms with Crippen LogP contribution >= 0.6 is 0 Å². The van der Waals surface area contributed by atoms with Gasteiger partial charge in [-0.2, -0.15) is 0 Å². The Labute approximate surface area is 113 Å². The van der Waals surface area contributed by atoms with E-state index in [4.69, 9.17) is 10.5 Å². The minimum Gasteiger partial charge on any atom is -0.399 e. The number of hydrogen-bond acceptors (Lipinski definition) is 5. The highest BCUT2D eigenvalue weighted by atomic mass is 32.2. The lowest BCUT2D eigenvalue weighted by molar-refractivity contribution is 0.0390. The lowest BCUT2D eigenvalue weighted by Crippen LogP contribution is -2.41. The number of ether oxygens (including phenoxy) is 1. The molecular weight excluding hydrogens is 266 g/mol. The summed E-state index contributed by atoms with van der Waals surface area (Å²) in [6.45, 7) is 4.19. The second kappa shape index (κ2) is 6.33. The molecule has 0 atom stereocenters. The quantitative estimate of drug-likeness (QED) is 0.737. The van der Waals surface area contributed by atoms with Crippen molar-refractivity contribution in [2.24, 2.45) is 0 Å². The molecule has 0 amide bonds. The van der Waals surface area contributed by atoms with E-state index in [9.17, 15) is 8.42 Å². The molecule has 1 aliphatic heterocycles. The number of sulfonamides is 1. The first kappa shape index (κ1) is 14.3. The number of nitrogen functional groups attached to an aromatic ring is 1. The predicted octanol–water partition coefficient (Wildman–Crippen LogP) is -0.121. The maximum absolute atomic E-state index is 12.0. The first-order valence-corrected chi connectivity index (χ1v) is 7.71. The molecule has 0 aliphatic carbocycles. The van der Waals surface area contributed by atoms with Gasteiger partial charge in [-0.05, 0) is 18.2 Å². The molecule has 0 spiro atoms. The molecule has 19 heavy (non-hydrogen) atoms. The summed E-state index contributed by atoms with van der Waals surface area (Å²) in [5.41, 5.74) is 6.03. The van der Waals surface area contributed by atoms with Gasteiger partial charge in [0, 0.05) is 31.9 Å². The summed E-state index contributed by atoms with van der Waals surface area (Å²) < 4.78 is 31.9. The van der Waals surface area contributed by atoms with Crippen molar-refractivity contribution in [1.29, 1.82) is 0 Å². The van der Waals surface area contributed by atoms with Gasteiger partial charge in [0.1, 0.15) is 0 Å². The van der Waals surface area contributed by atoms with Crippen LogP contribution in [0, 0.1) is 0 Å². The first-order chi connectivity index (χ1) is 9.08. The smallest absolute Gasteiger partial charge is 0.240 e. The summed E-state index contributed by atoms with van der Waals surface area (Å²) in [5, 5.41) is 0. The maximum Gasteiger partial charge on any atom is 0.240 e. The molecule has 6 nitrogen and oxygen atoms in total. The van der Waals surface area contributed by atoms with Crippen molar-refractivity contribution < 1.29 is 13.2 Å². The summed E-state index contributed by atoms with van der Waals surface area (Å²) in [6, 6.07) is 6.28. The molecular formula is C12H19N3O3S. The van der Waals surface area contributed by atoms with Gasteiger partial charge in [0.25, 0.3) is 0 Å². The van der Waals surface area contributed by atoms with Gasteiger partial charge in [-0.25, -0.2) is 13.1 Å². The minimum atomic E-state index is -3.47. The zero-order valence-corrected chi connectivity index (χ0v) is 11.5. The second-order valence-electron chi connectivity index (χ2n) is 4.42.